The highest BCUT2D eigenvalue weighted by molar-refractivity contribution is 5.89. The average molecular weight is 316 g/mol. The number of piperidine rings is 1. The number of halogens is 3. The number of aliphatic hydroxyl groups is 1. The Hall–Kier alpha value is -1.76. The van der Waals surface area contributed by atoms with Crippen LogP contribution in [0.3, 0.4) is 0 Å². The Kier molecular flexibility index (Phi) is 4.95. The number of rotatable bonds is 2. The SMILES string of the molecule is CC1CCCN(C(=O)Nc2cccc(C(F)(F)F)c2)C1CO. The minimum Gasteiger partial charge on any atom is -0.394 e. The molecular formula is C15H19F3N2O2. The number of alkyl halides is 3. The molecule has 1 aromatic rings. The maximum atomic E-state index is 12.7. The van der Waals surface area contributed by atoms with E-state index in [0.29, 0.717) is 6.54 Å². The lowest BCUT2D eigenvalue weighted by Crippen LogP contribution is -2.51. The maximum absolute atomic E-state index is 12.7. The number of amides is 2. The molecular weight excluding hydrogens is 297 g/mol. The standard InChI is InChI=1S/C15H19F3N2O2/c1-10-4-3-7-20(13(10)9-21)14(22)19-12-6-2-5-11(8-12)15(16,17)18/h2,5-6,8,10,13,21H,3-4,7,9H2,1H3,(H,19,22). The van der Waals surface area contributed by atoms with E-state index in [2.05, 4.69) is 5.32 Å². The van der Waals surface area contributed by atoms with Crippen LogP contribution in [0.4, 0.5) is 23.7 Å². The number of likely N-dealkylation sites (tertiary alicyclic amines) is 1. The number of nitrogens with one attached hydrogen (secondary N) is 1. The molecule has 2 atom stereocenters. The first-order chi connectivity index (χ1) is 10.3. The highest BCUT2D eigenvalue weighted by atomic mass is 19.4. The molecule has 2 N–H and O–H groups in total. The molecule has 0 saturated carbocycles. The molecule has 0 bridgehead atoms. The molecule has 2 unspecified atom stereocenters. The summed E-state index contributed by atoms with van der Waals surface area (Å²) in [7, 11) is 0. The van der Waals surface area contributed by atoms with Gasteiger partial charge in [0.05, 0.1) is 18.2 Å². The van der Waals surface area contributed by atoms with Crippen LogP contribution in [0, 0.1) is 5.92 Å². The highest BCUT2D eigenvalue weighted by Crippen LogP contribution is 2.31. The summed E-state index contributed by atoms with van der Waals surface area (Å²) in [6.45, 7) is 2.28. The molecule has 1 aliphatic heterocycles. The normalized spacial score (nSPS) is 22.5. The van der Waals surface area contributed by atoms with Gasteiger partial charge in [-0.1, -0.05) is 13.0 Å². The Morgan fingerprint density at radius 2 is 2.18 bits per heavy atom. The molecule has 4 nitrogen and oxygen atoms in total. The van der Waals surface area contributed by atoms with Gasteiger partial charge in [0, 0.05) is 12.2 Å². The molecule has 1 saturated heterocycles. The summed E-state index contributed by atoms with van der Waals surface area (Å²) < 4.78 is 38.0. The zero-order chi connectivity index (χ0) is 16.3. The van der Waals surface area contributed by atoms with Crippen LogP contribution in [0.1, 0.15) is 25.3 Å². The van der Waals surface area contributed by atoms with Crippen molar-refractivity contribution in [3.63, 3.8) is 0 Å². The Bertz CT molecular complexity index is 534. The summed E-state index contributed by atoms with van der Waals surface area (Å²) in [5.41, 5.74) is -0.717. The van der Waals surface area contributed by atoms with Crippen molar-refractivity contribution >= 4 is 11.7 Å². The third-order valence-electron chi connectivity index (χ3n) is 4.00. The van der Waals surface area contributed by atoms with Crippen LogP contribution in [0.2, 0.25) is 0 Å². The van der Waals surface area contributed by atoms with Crippen molar-refractivity contribution in [2.45, 2.75) is 32.0 Å². The van der Waals surface area contributed by atoms with Gasteiger partial charge < -0.3 is 15.3 Å². The molecule has 1 aromatic carbocycles. The second-order valence-electron chi connectivity index (χ2n) is 5.57. The molecule has 0 spiro atoms. The fraction of sp³-hybridized carbons (Fsp3) is 0.533. The minimum atomic E-state index is -4.45. The number of aliphatic hydroxyl groups excluding tert-OH is 1. The largest absolute Gasteiger partial charge is 0.416 e. The second-order valence-corrected chi connectivity index (χ2v) is 5.57. The number of anilines is 1. The molecule has 122 valence electrons. The van der Waals surface area contributed by atoms with Crippen LogP contribution >= 0.6 is 0 Å². The van der Waals surface area contributed by atoms with Crippen LogP contribution in [0.15, 0.2) is 24.3 Å². The highest BCUT2D eigenvalue weighted by Gasteiger charge is 2.32. The van der Waals surface area contributed by atoms with E-state index in [-0.39, 0.29) is 24.3 Å². The lowest BCUT2D eigenvalue weighted by atomic mass is 9.91. The first-order valence-corrected chi connectivity index (χ1v) is 7.18. The Labute approximate surface area is 126 Å². The van der Waals surface area contributed by atoms with Crippen molar-refractivity contribution in [3.8, 4) is 0 Å². The molecule has 0 radical (unpaired) electrons. The van der Waals surface area contributed by atoms with Crippen LogP contribution in [-0.4, -0.2) is 35.2 Å². The lowest BCUT2D eigenvalue weighted by molar-refractivity contribution is -0.137. The van der Waals surface area contributed by atoms with Crippen molar-refractivity contribution in [3.05, 3.63) is 29.8 Å². The monoisotopic (exact) mass is 316 g/mol. The molecule has 0 aliphatic carbocycles. The molecule has 2 rings (SSSR count). The third kappa shape index (κ3) is 3.71. The third-order valence-corrected chi connectivity index (χ3v) is 4.00. The summed E-state index contributed by atoms with van der Waals surface area (Å²) in [5.74, 6) is 0.158. The van der Waals surface area contributed by atoms with Crippen LogP contribution in [0.5, 0.6) is 0 Å². The number of benzene rings is 1. The minimum absolute atomic E-state index is 0.0924. The molecule has 7 heteroatoms. The van der Waals surface area contributed by atoms with E-state index in [9.17, 15) is 23.1 Å². The molecule has 1 fully saturated rings. The van der Waals surface area contributed by atoms with Crippen molar-refractivity contribution < 1.29 is 23.1 Å². The fourth-order valence-corrected chi connectivity index (χ4v) is 2.75. The van der Waals surface area contributed by atoms with Gasteiger partial charge in [-0.25, -0.2) is 4.79 Å². The smallest absolute Gasteiger partial charge is 0.394 e. The summed E-state index contributed by atoms with van der Waals surface area (Å²) >= 11 is 0. The van der Waals surface area contributed by atoms with Gasteiger partial charge in [-0.3, -0.25) is 0 Å². The number of hydrogen-bond acceptors (Lipinski definition) is 2. The van der Waals surface area contributed by atoms with Crippen molar-refractivity contribution in [2.24, 2.45) is 5.92 Å². The number of carbonyl (C=O) groups is 1. The van der Waals surface area contributed by atoms with Crippen molar-refractivity contribution in [1.29, 1.82) is 0 Å². The number of hydrogen-bond donors (Lipinski definition) is 2. The maximum Gasteiger partial charge on any atom is 0.416 e. The number of nitrogens with zero attached hydrogens (tertiary/aromatic N) is 1. The molecule has 1 heterocycles. The number of carbonyl (C=O) groups excluding carboxylic acids is 1. The zero-order valence-corrected chi connectivity index (χ0v) is 12.2. The Balaban J connectivity index is 2.11. The fourth-order valence-electron chi connectivity index (χ4n) is 2.75. The van der Waals surface area contributed by atoms with E-state index in [1.807, 2.05) is 6.92 Å². The van der Waals surface area contributed by atoms with Gasteiger partial charge >= 0.3 is 12.2 Å². The van der Waals surface area contributed by atoms with E-state index >= 15 is 0 Å². The average Bonchev–Trinajstić information content (AvgIpc) is 2.46. The summed E-state index contributed by atoms with van der Waals surface area (Å²) in [4.78, 5) is 13.8. The topological polar surface area (TPSA) is 52.6 Å². The first-order valence-electron chi connectivity index (χ1n) is 7.18. The predicted octanol–water partition coefficient (Wildman–Crippen LogP) is 3.33. The van der Waals surface area contributed by atoms with Gasteiger partial charge in [0.1, 0.15) is 0 Å². The summed E-state index contributed by atoms with van der Waals surface area (Å²) in [6, 6.07) is 3.73. The van der Waals surface area contributed by atoms with Gasteiger partial charge in [0.2, 0.25) is 0 Å². The second kappa shape index (κ2) is 6.56. The molecule has 22 heavy (non-hydrogen) atoms. The van der Waals surface area contributed by atoms with Crippen LogP contribution in [0.25, 0.3) is 0 Å². The lowest BCUT2D eigenvalue weighted by Gasteiger charge is -2.38. The molecule has 2 amide bonds. The quantitative estimate of drug-likeness (QED) is 0.879. The van der Waals surface area contributed by atoms with E-state index in [1.165, 1.54) is 17.0 Å². The first kappa shape index (κ1) is 16.6. The van der Waals surface area contributed by atoms with E-state index in [0.717, 1.165) is 25.0 Å². The summed E-state index contributed by atoms with van der Waals surface area (Å²) in [5, 5.41) is 11.9. The molecule has 1 aliphatic rings. The van der Waals surface area contributed by atoms with Crippen LogP contribution < -0.4 is 5.32 Å². The van der Waals surface area contributed by atoms with E-state index in [4.69, 9.17) is 0 Å². The van der Waals surface area contributed by atoms with Crippen molar-refractivity contribution in [1.82, 2.24) is 4.90 Å². The van der Waals surface area contributed by atoms with Gasteiger partial charge in [-0.2, -0.15) is 13.2 Å². The van der Waals surface area contributed by atoms with E-state index < -0.39 is 17.8 Å². The van der Waals surface area contributed by atoms with Crippen molar-refractivity contribution in [2.75, 3.05) is 18.5 Å². The Morgan fingerprint density at radius 3 is 2.82 bits per heavy atom. The summed E-state index contributed by atoms with van der Waals surface area (Å²) in [6.07, 6.45) is -2.72. The predicted molar refractivity (Wildman–Crippen MR) is 76.4 cm³/mol. The number of urea groups is 1. The van der Waals surface area contributed by atoms with Gasteiger partial charge in [-0.15, -0.1) is 0 Å². The van der Waals surface area contributed by atoms with Gasteiger partial charge in [0.25, 0.3) is 0 Å². The molecule has 0 aromatic heterocycles. The van der Waals surface area contributed by atoms with Crippen LogP contribution in [-0.2, 0) is 6.18 Å². The van der Waals surface area contributed by atoms with Gasteiger partial charge in [0.15, 0.2) is 0 Å². The zero-order valence-electron chi connectivity index (χ0n) is 12.2. The Morgan fingerprint density at radius 1 is 1.45 bits per heavy atom. The van der Waals surface area contributed by atoms with Gasteiger partial charge in [-0.05, 0) is 37.0 Å². The van der Waals surface area contributed by atoms with E-state index in [1.54, 1.807) is 0 Å².